The van der Waals surface area contributed by atoms with Gasteiger partial charge in [0.15, 0.2) is 0 Å². The number of carbonyl (C=O) groups excluding carboxylic acids is 2. The van der Waals surface area contributed by atoms with Gasteiger partial charge in [-0.1, -0.05) is 37.5 Å². The molecule has 1 saturated carbocycles. The molecule has 0 spiro atoms. The molecule has 1 aliphatic carbocycles. The van der Waals surface area contributed by atoms with Crippen LogP contribution in [0.5, 0.6) is 0 Å². The molecule has 3 rings (SSSR count). The Labute approximate surface area is 136 Å². The van der Waals surface area contributed by atoms with E-state index < -0.39 is 17.5 Å². The van der Waals surface area contributed by atoms with Crippen LogP contribution in [0.2, 0.25) is 0 Å². The lowest BCUT2D eigenvalue weighted by Crippen LogP contribution is -2.54. The fraction of sp³-hybridized carbons (Fsp3) is 0.556. The van der Waals surface area contributed by atoms with Crippen LogP contribution in [0.3, 0.4) is 0 Å². The van der Waals surface area contributed by atoms with Gasteiger partial charge >= 0.3 is 11.9 Å². The van der Waals surface area contributed by atoms with Crippen molar-refractivity contribution in [2.24, 2.45) is 5.92 Å². The van der Waals surface area contributed by atoms with Crippen LogP contribution in [-0.2, 0) is 25.5 Å². The summed E-state index contributed by atoms with van der Waals surface area (Å²) < 4.78 is 10.4. The van der Waals surface area contributed by atoms with Crippen molar-refractivity contribution in [3.05, 3.63) is 29.8 Å². The third-order valence-electron chi connectivity index (χ3n) is 4.88. The fourth-order valence-corrected chi connectivity index (χ4v) is 3.53. The Morgan fingerprint density at radius 1 is 1.17 bits per heavy atom. The van der Waals surface area contributed by atoms with Gasteiger partial charge in [0.05, 0.1) is 13.7 Å². The third kappa shape index (κ3) is 3.05. The molecule has 1 aliphatic heterocycles. The largest absolute Gasteiger partial charge is 0.467 e. The standard InChI is InChI=1S/C18H23NO4/c1-22-16(20)18(11-14-9-5-6-10-15(14)19-18)17(21)23-12-13-7-3-2-4-8-13/h5-6,9-10,13,19H,2-4,7-8,11-12H2,1H3/t18-/m1/s1. The summed E-state index contributed by atoms with van der Waals surface area (Å²) in [6, 6.07) is 7.52. The Balaban J connectivity index is 1.72. The number of nitrogens with one attached hydrogen (secondary N) is 1. The van der Waals surface area contributed by atoms with Gasteiger partial charge in [-0.15, -0.1) is 0 Å². The minimum atomic E-state index is -1.45. The van der Waals surface area contributed by atoms with Crippen LogP contribution in [0.15, 0.2) is 24.3 Å². The average molecular weight is 317 g/mol. The minimum Gasteiger partial charge on any atom is -0.467 e. The predicted octanol–water partition coefficient (Wildman–Crippen LogP) is 2.69. The fourth-order valence-electron chi connectivity index (χ4n) is 3.53. The van der Waals surface area contributed by atoms with E-state index in [1.807, 2.05) is 24.3 Å². The number of methoxy groups -OCH3 is 1. The van der Waals surface area contributed by atoms with Gasteiger partial charge in [0.2, 0.25) is 5.54 Å². The van der Waals surface area contributed by atoms with E-state index in [9.17, 15) is 9.59 Å². The number of hydrogen-bond acceptors (Lipinski definition) is 5. The first-order valence-electron chi connectivity index (χ1n) is 8.27. The summed E-state index contributed by atoms with van der Waals surface area (Å²) in [5, 5.41) is 3.04. The number of anilines is 1. The second-order valence-corrected chi connectivity index (χ2v) is 6.46. The lowest BCUT2D eigenvalue weighted by atomic mass is 9.90. The monoisotopic (exact) mass is 317 g/mol. The van der Waals surface area contributed by atoms with Gasteiger partial charge in [0.25, 0.3) is 0 Å². The molecule has 5 nitrogen and oxygen atoms in total. The molecule has 1 aromatic carbocycles. The van der Waals surface area contributed by atoms with Crippen molar-refractivity contribution >= 4 is 17.6 Å². The summed E-state index contributed by atoms with van der Waals surface area (Å²) in [6.45, 7) is 0.385. The van der Waals surface area contributed by atoms with Crippen LogP contribution in [0.1, 0.15) is 37.7 Å². The normalized spacial score (nSPS) is 23.7. The van der Waals surface area contributed by atoms with E-state index in [2.05, 4.69) is 5.32 Å². The van der Waals surface area contributed by atoms with Crippen molar-refractivity contribution in [3.63, 3.8) is 0 Å². The molecule has 23 heavy (non-hydrogen) atoms. The topological polar surface area (TPSA) is 64.6 Å². The first kappa shape index (κ1) is 15.8. The molecule has 124 valence electrons. The zero-order chi connectivity index (χ0) is 16.3. The summed E-state index contributed by atoms with van der Waals surface area (Å²) in [4.78, 5) is 25.0. The molecule has 1 atom stereocenters. The molecule has 0 amide bonds. The van der Waals surface area contributed by atoms with E-state index in [-0.39, 0.29) is 6.42 Å². The molecule has 0 radical (unpaired) electrons. The summed E-state index contributed by atoms with van der Waals surface area (Å²) in [5.41, 5.74) is 0.257. The van der Waals surface area contributed by atoms with Crippen molar-refractivity contribution in [1.29, 1.82) is 0 Å². The van der Waals surface area contributed by atoms with E-state index in [1.54, 1.807) is 0 Å². The third-order valence-corrected chi connectivity index (χ3v) is 4.88. The maximum Gasteiger partial charge on any atom is 0.343 e. The van der Waals surface area contributed by atoms with E-state index in [0.717, 1.165) is 24.1 Å². The van der Waals surface area contributed by atoms with Crippen molar-refractivity contribution in [2.75, 3.05) is 19.0 Å². The molecule has 1 N–H and O–H groups in total. The number of fused-ring (bicyclic) bond motifs is 1. The number of hydrogen-bond donors (Lipinski definition) is 1. The number of esters is 2. The van der Waals surface area contributed by atoms with Crippen LogP contribution in [-0.4, -0.2) is 31.2 Å². The van der Waals surface area contributed by atoms with Crippen molar-refractivity contribution in [2.45, 2.75) is 44.1 Å². The van der Waals surface area contributed by atoms with Crippen molar-refractivity contribution in [3.8, 4) is 0 Å². The number of benzene rings is 1. The lowest BCUT2D eigenvalue weighted by Gasteiger charge is -2.27. The van der Waals surface area contributed by atoms with E-state index >= 15 is 0 Å². The molecule has 2 aliphatic rings. The SMILES string of the molecule is COC(=O)[C@@]1(C(=O)OCC2CCCCC2)Cc2ccccc2N1. The first-order chi connectivity index (χ1) is 11.2. The van der Waals surface area contributed by atoms with Crippen LogP contribution in [0.25, 0.3) is 0 Å². The molecule has 5 heteroatoms. The van der Waals surface area contributed by atoms with Crippen molar-refractivity contribution < 1.29 is 19.1 Å². The maximum atomic E-state index is 12.7. The molecule has 0 bridgehead atoms. The Hall–Kier alpha value is -2.04. The highest BCUT2D eigenvalue weighted by molar-refractivity contribution is 6.09. The highest BCUT2D eigenvalue weighted by atomic mass is 16.6. The lowest BCUT2D eigenvalue weighted by molar-refractivity contribution is -0.162. The number of carbonyl (C=O) groups is 2. The van der Waals surface area contributed by atoms with Gasteiger partial charge < -0.3 is 14.8 Å². The number of rotatable bonds is 4. The molecular weight excluding hydrogens is 294 g/mol. The molecule has 0 saturated heterocycles. The summed E-state index contributed by atoms with van der Waals surface area (Å²) in [7, 11) is 1.29. The van der Waals surface area contributed by atoms with Gasteiger partial charge in [0.1, 0.15) is 0 Å². The van der Waals surface area contributed by atoms with Crippen LogP contribution in [0.4, 0.5) is 5.69 Å². The smallest absolute Gasteiger partial charge is 0.343 e. The molecular formula is C18H23NO4. The second-order valence-electron chi connectivity index (χ2n) is 6.46. The average Bonchev–Trinajstić information content (AvgIpc) is 3.00. The Morgan fingerprint density at radius 3 is 2.61 bits per heavy atom. The minimum absolute atomic E-state index is 0.263. The van der Waals surface area contributed by atoms with Crippen LogP contribution >= 0.6 is 0 Å². The molecule has 1 heterocycles. The Morgan fingerprint density at radius 2 is 1.91 bits per heavy atom. The molecule has 0 unspecified atom stereocenters. The molecule has 0 aromatic heterocycles. The molecule has 1 fully saturated rings. The first-order valence-corrected chi connectivity index (χ1v) is 8.27. The summed E-state index contributed by atoms with van der Waals surface area (Å²) >= 11 is 0. The van der Waals surface area contributed by atoms with Gasteiger partial charge in [-0.05, 0) is 30.4 Å². The van der Waals surface area contributed by atoms with Gasteiger partial charge in [-0.25, -0.2) is 9.59 Å². The molecule has 1 aromatic rings. The highest BCUT2D eigenvalue weighted by Crippen LogP contribution is 2.34. The van der Waals surface area contributed by atoms with Gasteiger partial charge in [-0.3, -0.25) is 0 Å². The number of para-hydroxylation sites is 1. The quantitative estimate of drug-likeness (QED) is 0.683. The Kier molecular flexibility index (Phi) is 4.55. The van der Waals surface area contributed by atoms with Crippen LogP contribution in [0, 0.1) is 5.92 Å². The van der Waals surface area contributed by atoms with Crippen molar-refractivity contribution in [1.82, 2.24) is 0 Å². The second kappa shape index (κ2) is 6.60. The van der Waals surface area contributed by atoms with E-state index in [4.69, 9.17) is 9.47 Å². The maximum absolute atomic E-state index is 12.7. The van der Waals surface area contributed by atoms with Crippen LogP contribution < -0.4 is 5.32 Å². The van der Waals surface area contributed by atoms with Gasteiger partial charge in [-0.2, -0.15) is 0 Å². The number of ether oxygens (including phenoxy) is 2. The zero-order valence-corrected chi connectivity index (χ0v) is 13.5. The van der Waals surface area contributed by atoms with E-state index in [0.29, 0.717) is 12.5 Å². The zero-order valence-electron chi connectivity index (χ0n) is 13.5. The Bertz CT molecular complexity index is 567. The van der Waals surface area contributed by atoms with E-state index in [1.165, 1.54) is 26.4 Å². The van der Waals surface area contributed by atoms with Gasteiger partial charge in [0, 0.05) is 12.1 Å². The highest BCUT2D eigenvalue weighted by Gasteiger charge is 2.53. The predicted molar refractivity (Wildman–Crippen MR) is 86.0 cm³/mol. The summed E-state index contributed by atoms with van der Waals surface area (Å²) in [6.07, 6.45) is 6.08. The summed E-state index contributed by atoms with van der Waals surface area (Å²) in [5.74, 6) is -0.723.